The van der Waals surface area contributed by atoms with Crippen LogP contribution >= 0.6 is 0 Å². The van der Waals surface area contributed by atoms with Crippen LogP contribution in [0.4, 0.5) is 0 Å². The lowest BCUT2D eigenvalue weighted by atomic mass is 10.1. The van der Waals surface area contributed by atoms with Crippen molar-refractivity contribution in [2.75, 3.05) is 0 Å². The first-order valence-corrected chi connectivity index (χ1v) is 41.8. The van der Waals surface area contributed by atoms with E-state index in [1.54, 1.807) is 0 Å². The first-order valence-electron chi connectivity index (χ1n) is 17.8. The third-order valence-corrected chi connectivity index (χ3v) is 33.2. The van der Waals surface area contributed by atoms with Gasteiger partial charge in [-0.3, -0.25) is 4.79 Å². The van der Waals surface area contributed by atoms with Crippen LogP contribution in [0.25, 0.3) is 0 Å². The van der Waals surface area contributed by atoms with Gasteiger partial charge >= 0.3 is 31.9 Å². The molecule has 0 heterocycles. The summed E-state index contributed by atoms with van der Waals surface area (Å²) < 4.78 is 42.7. The van der Waals surface area contributed by atoms with E-state index in [2.05, 4.69) is 111 Å². The molecule has 0 aliphatic heterocycles. The van der Waals surface area contributed by atoms with Gasteiger partial charge in [0, 0.05) is 12.5 Å². The Bertz CT molecular complexity index is 853. The smallest absolute Gasteiger partial charge is 0.469 e. The first-order chi connectivity index (χ1) is 20.4. The van der Waals surface area contributed by atoms with Crippen molar-refractivity contribution in [2.45, 2.75) is 187 Å². The van der Waals surface area contributed by atoms with Crippen molar-refractivity contribution in [3.8, 4) is 0 Å². The van der Waals surface area contributed by atoms with E-state index in [0.717, 1.165) is 50.2 Å². The minimum atomic E-state index is -3.04. The molecule has 0 saturated heterocycles. The minimum Gasteiger partial charge on any atom is -0.481 e. The summed E-state index contributed by atoms with van der Waals surface area (Å²) in [6.07, 6.45) is 9.03. The maximum Gasteiger partial charge on any atom is 0.469 e. The summed E-state index contributed by atoms with van der Waals surface area (Å²) in [6, 6.07) is 2.48. The van der Waals surface area contributed by atoms with E-state index in [9.17, 15) is 4.79 Å². The highest BCUT2D eigenvalue weighted by Gasteiger charge is 2.54. The zero-order valence-electron chi connectivity index (χ0n) is 33.3. The normalized spacial score (nSPS) is 16.7. The SMILES string of the molecule is C[Si](C)(C)O[Si](C)(CCCCCCCCCCC(=O)O)O[Si](C)(CC[Si](O[Si](C)(C)C)(O[Si](C)(C)C)O[Si](C)(C)C)O[Si](C)(C)C. The number of aliphatic carboxylic acids is 1. The second-order valence-corrected chi connectivity index (χ2v) is 51.8. The molecular weight excluding hydrogens is 713 g/mol. The van der Waals surface area contributed by atoms with Gasteiger partial charge < -0.3 is 29.8 Å². The van der Waals surface area contributed by atoms with Gasteiger partial charge in [0.05, 0.1) is 0 Å². The lowest BCUT2D eigenvalue weighted by molar-refractivity contribution is -0.137. The van der Waals surface area contributed by atoms with Crippen LogP contribution in [0, 0.1) is 0 Å². The molecular formula is C30H76O8Si8. The van der Waals surface area contributed by atoms with Crippen LogP contribution in [0.3, 0.4) is 0 Å². The third kappa shape index (κ3) is 25.9. The molecule has 2 unspecified atom stereocenters. The molecule has 0 rings (SSSR count). The van der Waals surface area contributed by atoms with Gasteiger partial charge in [0.25, 0.3) is 0 Å². The van der Waals surface area contributed by atoms with Gasteiger partial charge in [-0.15, -0.1) is 0 Å². The molecule has 0 bridgehead atoms. The molecule has 0 amide bonds. The topological polar surface area (TPSA) is 92.7 Å². The Morgan fingerprint density at radius 3 is 1.02 bits per heavy atom. The zero-order chi connectivity index (χ0) is 36.3. The van der Waals surface area contributed by atoms with Crippen LogP contribution in [0.15, 0.2) is 0 Å². The fraction of sp³-hybridized carbons (Fsp3) is 0.967. The Morgan fingerprint density at radius 2 is 0.696 bits per heavy atom. The molecule has 0 spiro atoms. The molecule has 0 aromatic rings. The van der Waals surface area contributed by atoms with E-state index in [1.165, 1.54) is 19.3 Å². The first kappa shape index (κ1) is 47.0. The number of hydrogen-bond donors (Lipinski definition) is 1. The number of hydrogen-bond acceptors (Lipinski definition) is 7. The highest BCUT2D eigenvalue weighted by atomic mass is 28.5. The van der Waals surface area contributed by atoms with Crippen LogP contribution in [0.1, 0.15) is 57.8 Å². The zero-order valence-corrected chi connectivity index (χ0v) is 41.3. The van der Waals surface area contributed by atoms with Crippen molar-refractivity contribution in [3.05, 3.63) is 0 Å². The molecule has 1 N–H and O–H groups in total. The minimum absolute atomic E-state index is 0.287. The van der Waals surface area contributed by atoms with E-state index >= 15 is 0 Å². The molecule has 8 nitrogen and oxygen atoms in total. The molecule has 16 heteroatoms. The lowest BCUT2D eigenvalue weighted by Crippen LogP contribution is -2.62. The summed E-state index contributed by atoms with van der Waals surface area (Å²) in [4.78, 5) is 10.7. The van der Waals surface area contributed by atoms with Crippen molar-refractivity contribution in [3.63, 3.8) is 0 Å². The van der Waals surface area contributed by atoms with Crippen molar-refractivity contribution in [2.24, 2.45) is 0 Å². The number of carboxylic acids is 1. The average Bonchev–Trinajstić information content (AvgIpc) is 2.72. The Balaban J connectivity index is 6.04. The fourth-order valence-corrected chi connectivity index (χ4v) is 40.5. The Hall–Kier alpha value is 0.965. The van der Waals surface area contributed by atoms with Gasteiger partial charge in [0.15, 0.2) is 41.6 Å². The Labute approximate surface area is 293 Å². The van der Waals surface area contributed by atoms with E-state index < -0.39 is 73.5 Å². The van der Waals surface area contributed by atoms with Crippen LogP contribution in [0.2, 0.25) is 129 Å². The van der Waals surface area contributed by atoms with Gasteiger partial charge in [-0.05, 0) is 130 Å². The summed E-state index contributed by atoms with van der Waals surface area (Å²) in [7, 11) is -18.2. The molecule has 0 radical (unpaired) electrons. The number of carbonyl (C=O) groups is 1. The van der Waals surface area contributed by atoms with E-state index in [0.29, 0.717) is 0 Å². The van der Waals surface area contributed by atoms with Gasteiger partial charge in [0.2, 0.25) is 0 Å². The number of carboxylic acid groups (broad SMARTS) is 1. The predicted octanol–water partition coefficient (Wildman–Crippen LogP) is 10.9. The monoisotopic (exact) mass is 788 g/mol. The van der Waals surface area contributed by atoms with Crippen molar-refractivity contribution in [1.29, 1.82) is 0 Å². The molecule has 0 saturated carbocycles. The third-order valence-electron chi connectivity index (χ3n) is 6.52. The van der Waals surface area contributed by atoms with Crippen LogP contribution in [-0.2, 0) is 29.5 Å². The molecule has 46 heavy (non-hydrogen) atoms. The number of rotatable bonds is 26. The summed E-state index contributed by atoms with van der Waals surface area (Å²) >= 11 is 0. The van der Waals surface area contributed by atoms with Crippen LogP contribution in [0.5, 0.6) is 0 Å². The maximum absolute atomic E-state index is 10.7. The molecule has 0 aliphatic carbocycles. The second-order valence-electron chi connectivity index (χ2n) is 18.3. The molecule has 0 fully saturated rings. The van der Waals surface area contributed by atoms with Gasteiger partial charge in [-0.2, -0.15) is 0 Å². The van der Waals surface area contributed by atoms with E-state index in [1.807, 2.05) is 0 Å². The van der Waals surface area contributed by atoms with Gasteiger partial charge in [0.1, 0.15) is 0 Å². The fourth-order valence-electron chi connectivity index (χ4n) is 5.78. The van der Waals surface area contributed by atoms with Crippen LogP contribution < -0.4 is 0 Å². The van der Waals surface area contributed by atoms with Crippen molar-refractivity contribution < 1.29 is 34.6 Å². The van der Waals surface area contributed by atoms with Gasteiger partial charge in [-0.25, -0.2) is 0 Å². The van der Waals surface area contributed by atoms with Gasteiger partial charge in [-0.1, -0.05) is 44.9 Å². The average molecular weight is 790 g/mol. The largest absolute Gasteiger partial charge is 0.481 e. The Kier molecular flexibility index (Phi) is 19.4. The summed E-state index contributed by atoms with van der Waals surface area (Å²) in [5.74, 6) is -0.689. The number of unbranched alkanes of at least 4 members (excludes halogenated alkanes) is 7. The molecule has 0 aromatic carbocycles. The standard InChI is InChI=1S/C30H76O8Si8/c1-39(2,3)33-44(16,27-25-23-21-19-18-20-22-24-26-30(31)32)38-45(17,34-40(4,5)6)28-29-46(35-41(7,8)9,36-42(10,11)12)37-43(13,14)15/h18-29H2,1-17H3,(H,31,32). The van der Waals surface area contributed by atoms with E-state index in [4.69, 9.17) is 29.8 Å². The highest BCUT2D eigenvalue weighted by molar-refractivity contribution is 6.92. The predicted molar refractivity (Wildman–Crippen MR) is 216 cm³/mol. The summed E-state index contributed by atoms with van der Waals surface area (Å²) in [5, 5.41) is 8.83. The van der Waals surface area contributed by atoms with E-state index in [-0.39, 0.29) is 6.42 Å². The van der Waals surface area contributed by atoms with Crippen molar-refractivity contribution >= 4 is 73.5 Å². The molecule has 276 valence electrons. The lowest BCUT2D eigenvalue weighted by Gasteiger charge is -2.46. The molecule has 0 aromatic heterocycles. The maximum atomic E-state index is 10.7. The van der Waals surface area contributed by atoms with Crippen molar-refractivity contribution in [1.82, 2.24) is 0 Å². The van der Waals surface area contributed by atoms with Crippen LogP contribution in [-0.4, -0.2) is 78.6 Å². The molecule has 0 aliphatic rings. The highest BCUT2D eigenvalue weighted by Crippen LogP contribution is 2.36. The molecule has 2 atom stereocenters. The quantitative estimate of drug-likeness (QED) is 0.0684. The Morgan fingerprint density at radius 1 is 0.391 bits per heavy atom. The summed E-state index contributed by atoms with van der Waals surface area (Å²) in [6.45, 7) is 38.4. The second kappa shape index (κ2) is 19.0. The summed E-state index contributed by atoms with van der Waals surface area (Å²) in [5.41, 5.74) is 0.